The lowest BCUT2D eigenvalue weighted by Crippen LogP contribution is -1.81. The van der Waals surface area contributed by atoms with Crippen LogP contribution in [0.5, 0.6) is 0 Å². The van der Waals surface area contributed by atoms with Crippen molar-refractivity contribution < 1.29 is 30.9 Å². The highest BCUT2D eigenvalue weighted by atomic mass is 16.4. The molecule has 21 aromatic carbocycles. The van der Waals surface area contributed by atoms with Gasteiger partial charge < -0.3 is 30.9 Å². The molecule has 140 heavy (non-hydrogen) atoms. The Morgan fingerprint density at radius 1 is 0.114 bits per heavy atom. The first kappa shape index (κ1) is 87.6. The van der Waals surface area contributed by atoms with Gasteiger partial charge in [-0.1, -0.05) is 386 Å². The van der Waals surface area contributed by atoms with Gasteiger partial charge in [0.2, 0.25) is 0 Å². The minimum atomic E-state index is 0.946. The van der Waals surface area contributed by atoms with E-state index in [0.717, 1.165) is 89.3 Å². The van der Waals surface area contributed by atoms with Crippen LogP contribution in [0.3, 0.4) is 0 Å². The first-order valence-corrected chi connectivity index (χ1v) is 47.6. The largest absolute Gasteiger partial charge is 0.456 e. The molecule has 0 radical (unpaired) electrons. The van der Waals surface area contributed by atoms with Crippen LogP contribution in [0.25, 0.3) is 231 Å². The van der Waals surface area contributed by atoms with E-state index in [0.29, 0.717) is 0 Å². The third kappa shape index (κ3) is 18.0. The zero-order valence-electron chi connectivity index (χ0n) is 78.8. The number of hydrogen-bond donors (Lipinski definition) is 0. The number of hydrogen-bond acceptors (Lipinski definition) is 7. The quantitative estimate of drug-likeness (QED) is 0.157. The smallest absolute Gasteiger partial charge is 0.143 e. The molecule has 0 aliphatic rings. The summed E-state index contributed by atoms with van der Waals surface area (Å²) in [4.78, 5) is 0. The summed E-state index contributed by atoms with van der Waals surface area (Å²) in [7, 11) is 0. The van der Waals surface area contributed by atoms with Crippen LogP contribution in [0.4, 0.5) is 0 Å². The number of aryl methyl sites for hydroxylation is 7. The molecule has 7 heteroatoms. The zero-order valence-corrected chi connectivity index (χ0v) is 78.8. The summed E-state index contributed by atoms with van der Waals surface area (Å²) in [5, 5.41) is 16.5. The Bertz CT molecular complexity index is 9400. The average Bonchev–Trinajstić information content (AvgIpc) is 1.58. The van der Waals surface area contributed by atoms with Crippen LogP contribution in [0.1, 0.15) is 38.9 Å². The molecule has 7 aromatic heterocycles. The van der Waals surface area contributed by atoms with Crippen LogP contribution in [0.2, 0.25) is 0 Å². The van der Waals surface area contributed by atoms with E-state index in [9.17, 15) is 0 Å². The summed E-state index contributed by atoms with van der Waals surface area (Å²) < 4.78 is 41.9. The number of rotatable bonds is 7. The van der Waals surface area contributed by atoms with Gasteiger partial charge in [-0.05, 0) is 235 Å². The lowest BCUT2D eigenvalue weighted by atomic mass is 9.99. The first-order valence-electron chi connectivity index (χ1n) is 47.6. The normalized spacial score (nSPS) is 11.2. The molecule has 7 nitrogen and oxygen atoms in total. The van der Waals surface area contributed by atoms with E-state index in [1.54, 1.807) is 0 Å². The van der Waals surface area contributed by atoms with E-state index in [1.165, 1.54) is 181 Å². The van der Waals surface area contributed by atoms with Gasteiger partial charge in [0.25, 0.3) is 0 Å². The van der Waals surface area contributed by atoms with Crippen molar-refractivity contribution in [2.75, 3.05) is 0 Å². The minimum absolute atomic E-state index is 0.946. The molecule has 0 atom stereocenters. The van der Waals surface area contributed by atoms with Gasteiger partial charge in [0.05, 0.1) is 0 Å². The van der Waals surface area contributed by atoms with Crippen molar-refractivity contribution in [1.82, 2.24) is 0 Å². The fourth-order valence-electron chi connectivity index (χ4n) is 19.2. The highest BCUT2D eigenvalue weighted by molar-refractivity contribution is 6.14. The molecule has 0 N–H and O–H groups in total. The Labute approximate surface area is 811 Å². The highest BCUT2D eigenvalue weighted by Crippen LogP contribution is 2.43. The van der Waals surface area contributed by atoms with Gasteiger partial charge in [-0.2, -0.15) is 0 Å². The van der Waals surface area contributed by atoms with Crippen molar-refractivity contribution >= 4 is 154 Å². The molecule has 7 heterocycles. The van der Waals surface area contributed by atoms with Crippen LogP contribution >= 0.6 is 0 Å². The second-order valence-corrected chi connectivity index (χ2v) is 36.1. The predicted octanol–water partition coefficient (Wildman–Crippen LogP) is 38.9. The fraction of sp³-hybridized carbons (Fsp3) is 0.0526. The Balaban J connectivity index is 0.0000000939. The SMILES string of the molecule is Cc1ccc(-c2ccc3c(c2)oc2ccccc23)cc1.Cc1ccc(-c2cccc3c2oc2ccccc23)cc1.Cc1ccc2c(c1)oc1cc(-c3ccccc3)ccc12.Cc1cccc(-c2ccc3c(c2)oc2ccccc23)c1.Cc1cccc(-c2cccc3c2oc2ccccc23)c1.Cc1ccccc1-c1ccc2c(c1)oc1ccccc12.Cc1ccccc1-c1ccc2oc3ccccc3c2c1. The monoisotopic (exact) mass is 1810 g/mol. The van der Waals surface area contributed by atoms with Gasteiger partial charge in [-0.15, -0.1) is 0 Å². The van der Waals surface area contributed by atoms with Gasteiger partial charge in [0.15, 0.2) is 0 Å². The van der Waals surface area contributed by atoms with Gasteiger partial charge in [-0.25, -0.2) is 0 Å². The average molecular weight is 1810 g/mol. The zero-order chi connectivity index (χ0) is 94.7. The van der Waals surface area contributed by atoms with E-state index in [-0.39, 0.29) is 0 Å². The summed E-state index contributed by atoms with van der Waals surface area (Å²) in [6.45, 7) is 14.8. The summed E-state index contributed by atoms with van der Waals surface area (Å²) in [5.41, 5.74) is 39.1. The molecule has 0 fully saturated rings. The molecular formula is C133H98O7. The summed E-state index contributed by atoms with van der Waals surface area (Å²) in [6, 6.07) is 162. The predicted molar refractivity (Wildman–Crippen MR) is 587 cm³/mol. The maximum atomic E-state index is 6.08. The van der Waals surface area contributed by atoms with Gasteiger partial charge in [0, 0.05) is 86.5 Å². The van der Waals surface area contributed by atoms with Crippen LogP contribution in [0, 0.1) is 48.5 Å². The molecular weight excluding hydrogens is 1710 g/mol. The number of furan rings is 7. The Kier molecular flexibility index (Phi) is 24.1. The molecule has 28 aromatic rings. The third-order valence-electron chi connectivity index (χ3n) is 26.4. The Morgan fingerprint density at radius 2 is 0.357 bits per heavy atom. The van der Waals surface area contributed by atoms with Gasteiger partial charge in [0.1, 0.15) is 78.2 Å². The lowest BCUT2D eigenvalue weighted by molar-refractivity contribution is 0.668. The van der Waals surface area contributed by atoms with Crippen LogP contribution in [-0.2, 0) is 0 Å². The lowest BCUT2D eigenvalue weighted by Gasteiger charge is -2.05. The van der Waals surface area contributed by atoms with Gasteiger partial charge in [-0.3, -0.25) is 0 Å². The third-order valence-corrected chi connectivity index (χ3v) is 26.4. The molecule has 0 saturated heterocycles. The van der Waals surface area contributed by atoms with E-state index in [1.807, 2.05) is 97.1 Å². The summed E-state index contributed by atoms with van der Waals surface area (Å²) >= 11 is 0. The van der Waals surface area contributed by atoms with Crippen molar-refractivity contribution in [2.45, 2.75) is 48.5 Å². The number of fused-ring (bicyclic) bond motifs is 21. The van der Waals surface area contributed by atoms with Crippen molar-refractivity contribution in [3.05, 3.63) is 506 Å². The molecule has 0 bridgehead atoms. The van der Waals surface area contributed by atoms with Crippen LogP contribution in [-0.4, -0.2) is 0 Å². The molecule has 0 spiro atoms. The topological polar surface area (TPSA) is 92.0 Å². The van der Waals surface area contributed by atoms with E-state index in [4.69, 9.17) is 30.9 Å². The first-order chi connectivity index (χ1) is 68.7. The van der Waals surface area contributed by atoms with E-state index < -0.39 is 0 Å². The Hall–Kier alpha value is -17.8. The molecule has 0 aliphatic heterocycles. The maximum Gasteiger partial charge on any atom is 0.143 e. The fourth-order valence-corrected chi connectivity index (χ4v) is 19.2. The summed E-state index contributed by atoms with van der Waals surface area (Å²) in [6.07, 6.45) is 0. The second kappa shape index (κ2) is 38.5. The highest BCUT2D eigenvalue weighted by Gasteiger charge is 2.19. The van der Waals surface area contributed by atoms with Crippen LogP contribution < -0.4 is 0 Å². The number of para-hydroxylation sites is 8. The standard InChI is InChI=1S/7C19H14O/c1-13-6-4-7-14(12-13)15-9-5-10-17-16-8-2-3-11-18(16)20-19(15)17;1-13-5-4-6-14(11-13)15-9-10-17-16-7-2-3-8-18(16)20-19(17)12-15;1-13-6-2-3-7-15(13)14-10-11-19-17(12-14)16-8-4-5-9-18(16)20-19;1-13-6-2-3-7-15(13)14-10-11-17-16-8-4-5-9-18(16)20-19(17)12-14;1-13-9-11-14(12-10-13)15-6-4-7-17-16-5-2-3-8-18(16)20-19(15)17;1-13-6-8-14(9-7-13)15-10-11-17-16-4-2-3-5-18(16)20-19(17)12-15;1-13-7-9-16-17-10-8-15(14-5-3-2-4-6-14)12-19(17)20-18(16)11-13/h7*2-12H,1H3. The van der Waals surface area contributed by atoms with Crippen LogP contribution in [0.15, 0.2) is 498 Å². The van der Waals surface area contributed by atoms with Gasteiger partial charge >= 0.3 is 0 Å². The summed E-state index contributed by atoms with van der Waals surface area (Å²) in [5.74, 6) is 0. The molecule has 28 rings (SSSR count). The van der Waals surface area contributed by atoms with Crippen molar-refractivity contribution in [1.29, 1.82) is 0 Å². The number of benzene rings is 21. The molecule has 0 amide bonds. The molecule has 0 saturated carbocycles. The van der Waals surface area contributed by atoms with Crippen molar-refractivity contribution in [2.24, 2.45) is 0 Å². The molecule has 0 unspecified atom stereocenters. The Morgan fingerprint density at radius 3 is 0.814 bits per heavy atom. The van der Waals surface area contributed by atoms with E-state index >= 15 is 0 Å². The maximum absolute atomic E-state index is 6.08. The van der Waals surface area contributed by atoms with E-state index in [2.05, 4.69) is 419 Å². The van der Waals surface area contributed by atoms with Crippen molar-refractivity contribution in [3.8, 4) is 77.9 Å². The molecule has 672 valence electrons. The molecule has 0 aliphatic carbocycles. The van der Waals surface area contributed by atoms with Crippen molar-refractivity contribution in [3.63, 3.8) is 0 Å². The minimum Gasteiger partial charge on any atom is -0.456 e. The second-order valence-electron chi connectivity index (χ2n) is 36.1.